The molecule has 0 bridgehead atoms. The van der Waals surface area contributed by atoms with Crippen LogP contribution in [0.15, 0.2) is 16.7 Å². The summed E-state index contributed by atoms with van der Waals surface area (Å²) in [7, 11) is 0. The number of pyridine rings is 1. The maximum Gasteiger partial charge on any atom is 0.288 e. The second-order valence-corrected chi connectivity index (χ2v) is 4.62. The Morgan fingerprint density at radius 2 is 2.33 bits per heavy atom. The van der Waals surface area contributed by atoms with Gasteiger partial charge in [-0.05, 0) is 22.9 Å². The molecule has 18 heavy (non-hydrogen) atoms. The summed E-state index contributed by atoms with van der Waals surface area (Å²) in [6.07, 6.45) is 0.824. The molecule has 1 unspecified atom stereocenters. The number of nitrogens with one attached hydrogen (secondary N) is 2. The zero-order valence-electron chi connectivity index (χ0n) is 9.89. The number of aliphatic hydroxyl groups is 1. The Labute approximate surface area is 113 Å². The van der Waals surface area contributed by atoms with Crippen molar-refractivity contribution < 1.29 is 10.0 Å². The van der Waals surface area contributed by atoms with Gasteiger partial charge in [0.1, 0.15) is 12.0 Å². The van der Waals surface area contributed by atoms with Gasteiger partial charge in [0.15, 0.2) is 0 Å². The van der Waals surface area contributed by atoms with E-state index >= 15 is 0 Å². The van der Waals surface area contributed by atoms with E-state index < -0.39 is 4.92 Å². The van der Waals surface area contributed by atoms with Gasteiger partial charge in [-0.15, -0.1) is 0 Å². The molecule has 1 rings (SSSR count). The Balaban J connectivity index is 2.41. The van der Waals surface area contributed by atoms with Crippen LogP contribution in [-0.2, 0) is 0 Å². The Morgan fingerprint density at radius 3 is 2.89 bits per heavy atom. The van der Waals surface area contributed by atoms with Crippen LogP contribution in [0.2, 0.25) is 0 Å². The molecule has 0 saturated heterocycles. The van der Waals surface area contributed by atoms with Crippen LogP contribution < -0.4 is 10.6 Å². The van der Waals surface area contributed by atoms with Crippen LogP contribution in [0.1, 0.15) is 6.92 Å². The second-order valence-electron chi connectivity index (χ2n) is 3.76. The predicted molar refractivity (Wildman–Crippen MR) is 71.6 cm³/mol. The van der Waals surface area contributed by atoms with E-state index in [1.165, 1.54) is 12.3 Å². The first kappa shape index (κ1) is 14.8. The molecule has 100 valence electrons. The number of aliphatic hydroxyl groups excluding tert-OH is 1. The SMILES string of the molecule is CC(O)CNCCNc1ncc([N+](=O)[O-])cc1Br. The smallest absolute Gasteiger partial charge is 0.288 e. The normalized spacial score (nSPS) is 12.2. The summed E-state index contributed by atoms with van der Waals surface area (Å²) in [5.74, 6) is 0.555. The minimum absolute atomic E-state index is 0.0559. The van der Waals surface area contributed by atoms with Gasteiger partial charge in [-0.3, -0.25) is 10.1 Å². The Morgan fingerprint density at radius 1 is 1.61 bits per heavy atom. The lowest BCUT2D eigenvalue weighted by atomic mass is 10.4. The van der Waals surface area contributed by atoms with Crippen LogP contribution in [0.4, 0.5) is 11.5 Å². The number of hydrogen-bond acceptors (Lipinski definition) is 6. The highest BCUT2D eigenvalue weighted by Crippen LogP contribution is 2.23. The molecule has 0 aliphatic heterocycles. The van der Waals surface area contributed by atoms with Crippen LogP contribution in [0, 0.1) is 10.1 Å². The van der Waals surface area contributed by atoms with Crippen molar-refractivity contribution in [1.82, 2.24) is 10.3 Å². The monoisotopic (exact) mass is 318 g/mol. The van der Waals surface area contributed by atoms with Gasteiger partial charge in [0.2, 0.25) is 0 Å². The fraction of sp³-hybridized carbons (Fsp3) is 0.500. The van der Waals surface area contributed by atoms with Crippen molar-refractivity contribution in [2.24, 2.45) is 0 Å². The number of nitro groups is 1. The molecule has 0 aromatic carbocycles. The molecule has 0 aliphatic carbocycles. The summed E-state index contributed by atoms with van der Waals surface area (Å²) in [4.78, 5) is 14.0. The van der Waals surface area contributed by atoms with E-state index in [4.69, 9.17) is 5.11 Å². The molecular weight excluding hydrogens is 304 g/mol. The first-order valence-corrected chi connectivity index (χ1v) is 6.22. The highest BCUT2D eigenvalue weighted by Gasteiger charge is 2.09. The zero-order chi connectivity index (χ0) is 13.5. The van der Waals surface area contributed by atoms with Gasteiger partial charge in [0, 0.05) is 25.7 Å². The molecule has 0 radical (unpaired) electrons. The fourth-order valence-corrected chi connectivity index (χ4v) is 1.72. The van der Waals surface area contributed by atoms with Crippen LogP contribution in [0.5, 0.6) is 0 Å². The van der Waals surface area contributed by atoms with Gasteiger partial charge in [-0.2, -0.15) is 0 Å². The van der Waals surface area contributed by atoms with Crippen LogP contribution in [0.25, 0.3) is 0 Å². The first-order chi connectivity index (χ1) is 8.50. The van der Waals surface area contributed by atoms with Crippen molar-refractivity contribution >= 4 is 27.4 Å². The van der Waals surface area contributed by atoms with E-state index in [0.29, 0.717) is 29.9 Å². The Bertz CT molecular complexity index is 414. The number of aromatic nitrogens is 1. The van der Waals surface area contributed by atoms with E-state index in [2.05, 4.69) is 31.5 Å². The number of halogens is 1. The van der Waals surface area contributed by atoms with E-state index in [1.807, 2.05) is 0 Å². The molecule has 0 spiro atoms. The highest BCUT2D eigenvalue weighted by molar-refractivity contribution is 9.10. The largest absolute Gasteiger partial charge is 0.392 e. The molecular formula is C10H15BrN4O3. The third kappa shape index (κ3) is 4.94. The summed E-state index contributed by atoms with van der Waals surface area (Å²) < 4.78 is 0.548. The quantitative estimate of drug-likeness (QED) is 0.396. The molecule has 8 heteroatoms. The highest BCUT2D eigenvalue weighted by atomic mass is 79.9. The minimum atomic E-state index is -0.494. The van der Waals surface area contributed by atoms with Crippen LogP contribution in [-0.4, -0.2) is 40.8 Å². The Kier molecular flexibility index (Phi) is 5.96. The average molecular weight is 319 g/mol. The van der Waals surface area contributed by atoms with Crippen molar-refractivity contribution in [3.8, 4) is 0 Å². The van der Waals surface area contributed by atoms with Gasteiger partial charge in [0.05, 0.1) is 15.5 Å². The molecule has 3 N–H and O–H groups in total. The summed E-state index contributed by atoms with van der Waals surface area (Å²) in [6, 6.07) is 1.40. The number of rotatable bonds is 7. The molecule has 0 aliphatic rings. The summed E-state index contributed by atoms with van der Waals surface area (Å²) >= 11 is 3.22. The van der Waals surface area contributed by atoms with Crippen molar-refractivity contribution in [3.63, 3.8) is 0 Å². The second kappa shape index (κ2) is 7.24. The molecule has 0 amide bonds. The molecule has 0 fully saturated rings. The number of hydrogen-bond donors (Lipinski definition) is 3. The average Bonchev–Trinajstić information content (AvgIpc) is 2.29. The molecule has 1 heterocycles. The first-order valence-electron chi connectivity index (χ1n) is 5.43. The lowest BCUT2D eigenvalue weighted by Crippen LogP contribution is -2.29. The number of anilines is 1. The van der Waals surface area contributed by atoms with Crippen LogP contribution >= 0.6 is 15.9 Å². The standard InChI is InChI=1S/C10H15BrN4O3/c1-7(16)5-12-2-3-13-10-9(11)4-8(6-14-10)15(17)18/h4,6-7,12,16H,2-3,5H2,1H3,(H,13,14). The summed E-state index contributed by atoms with van der Waals surface area (Å²) in [5, 5.41) is 25.6. The van der Waals surface area contributed by atoms with Crippen molar-refractivity contribution in [2.45, 2.75) is 13.0 Å². The zero-order valence-corrected chi connectivity index (χ0v) is 11.5. The maximum absolute atomic E-state index is 10.5. The van der Waals surface area contributed by atoms with E-state index in [0.717, 1.165) is 0 Å². The summed E-state index contributed by atoms with van der Waals surface area (Å²) in [5.41, 5.74) is -0.0559. The van der Waals surface area contributed by atoms with Crippen molar-refractivity contribution in [2.75, 3.05) is 25.0 Å². The lowest BCUT2D eigenvalue weighted by Gasteiger charge is -2.09. The molecule has 1 aromatic heterocycles. The van der Waals surface area contributed by atoms with E-state index in [1.54, 1.807) is 6.92 Å². The Hall–Kier alpha value is -1.25. The lowest BCUT2D eigenvalue weighted by molar-refractivity contribution is -0.385. The number of nitrogens with zero attached hydrogens (tertiary/aromatic N) is 2. The minimum Gasteiger partial charge on any atom is -0.392 e. The fourth-order valence-electron chi connectivity index (χ4n) is 1.24. The predicted octanol–water partition coefficient (Wildman–Crippen LogP) is 1.13. The third-order valence-corrected chi connectivity index (χ3v) is 2.68. The van der Waals surface area contributed by atoms with Gasteiger partial charge in [0.25, 0.3) is 5.69 Å². The van der Waals surface area contributed by atoms with Crippen molar-refractivity contribution in [1.29, 1.82) is 0 Å². The van der Waals surface area contributed by atoms with Crippen molar-refractivity contribution in [3.05, 3.63) is 26.9 Å². The topological polar surface area (TPSA) is 100 Å². The molecule has 1 atom stereocenters. The van der Waals surface area contributed by atoms with Gasteiger partial charge < -0.3 is 15.7 Å². The third-order valence-electron chi connectivity index (χ3n) is 2.07. The van der Waals surface area contributed by atoms with Crippen LogP contribution in [0.3, 0.4) is 0 Å². The summed E-state index contributed by atoms with van der Waals surface area (Å²) in [6.45, 7) is 3.50. The van der Waals surface area contributed by atoms with E-state index in [-0.39, 0.29) is 11.8 Å². The maximum atomic E-state index is 10.5. The van der Waals surface area contributed by atoms with Gasteiger partial charge >= 0.3 is 0 Å². The van der Waals surface area contributed by atoms with E-state index in [9.17, 15) is 10.1 Å². The molecule has 1 aromatic rings. The van der Waals surface area contributed by atoms with Gasteiger partial charge in [-0.25, -0.2) is 4.98 Å². The molecule has 7 nitrogen and oxygen atoms in total. The molecule has 0 saturated carbocycles. The van der Waals surface area contributed by atoms with Gasteiger partial charge in [-0.1, -0.05) is 0 Å².